The van der Waals surface area contributed by atoms with Gasteiger partial charge in [0.15, 0.2) is 0 Å². The molecule has 118 valence electrons. The Morgan fingerprint density at radius 2 is 1.83 bits per heavy atom. The van der Waals surface area contributed by atoms with Crippen LogP contribution in [0.4, 0.5) is 0 Å². The third kappa shape index (κ3) is 2.89. The van der Waals surface area contributed by atoms with Crippen molar-refractivity contribution >= 4 is 10.9 Å². The number of aryl methyl sites for hydroxylation is 1. The molecule has 3 aromatic rings. The minimum absolute atomic E-state index is 0.619. The summed E-state index contributed by atoms with van der Waals surface area (Å²) < 4.78 is 2.50. The van der Waals surface area contributed by atoms with Gasteiger partial charge in [0.05, 0.1) is 5.69 Å². The maximum Gasteiger partial charge on any atom is 0.0543 e. The molecule has 0 spiro atoms. The summed E-state index contributed by atoms with van der Waals surface area (Å²) in [5.41, 5.74) is 3.94. The molecule has 0 saturated carbocycles. The number of rotatable bonds is 3. The maximum absolute atomic E-state index is 4.45. The van der Waals surface area contributed by atoms with Gasteiger partial charge in [-0.25, -0.2) is 0 Å². The van der Waals surface area contributed by atoms with Crippen molar-refractivity contribution in [1.82, 2.24) is 14.5 Å². The minimum Gasteiger partial charge on any atom is -0.344 e. The van der Waals surface area contributed by atoms with Crippen LogP contribution in [0.25, 0.3) is 10.9 Å². The van der Waals surface area contributed by atoms with E-state index >= 15 is 0 Å². The van der Waals surface area contributed by atoms with Gasteiger partial charge in [0, 0.05) is 49.0 Å². The molecular formula is C20H23N3. The molecule has 1 aliphatic rings. The molecule has 0 unspecified atom stereocenters. The number of hydrogen-bond acceptors (Lipinski definition) is 2. The Balaban J connectivity index is 1.47. The Hall–Kier alpha value is -2.13. The molecule has 1 aliphatic heterocycles. The van der Waals surface area contributed by atoms with Gasteiger partial charge < -0.3 is 4.57 Å². The first-order chi connectivity index (χ1) is 11.3. The van der Waals surface area contributed by atoms with Crippen molar-refractivity contribution in [3.8, 4) is 0 Å². The van der Waals surface area contributed by atoms with Gasteiger partial charge in [0.25, 0.3) is 0 Å². The van der Waals surface area contributed by atoms with E-state index in [4.69, 9.17) is 0 Å². The molecule has 23 heavy (non-hydrogen) atoms. The zero-order valence-corrected chi connectivity index (χ0v) is 13.7. The highest BCUT2D eigenvalue weighted by molar-refractivity contribution is 5.83. The Labute approximate surface area is 137 Å². The van der Waals surface area contributed by atoms with Crippen molar-refractivity contribution in [1.29, 1.82) is 0 Å². The fraction of sp³-hybridized carbons (Fsp3) is 0.350. The standard InChI is InChI=1S/C20H23N3/c1-16-14-23(20-8-3-2-7-19(16)20)18-9-12-22(13-10-18)15-17-6-4-5-11-21-17/h2-8,11,14,18H,9-10,12-13,15H2,1H3. The van der Waals surface area contributed by atoms with E-state index in [-0.39, 0.29) is 0 Å². The quantitative estimate of drug-likeness (QED) is 0.724. The van der Waals surface area contributed by atoms with E-state index in [0.717, 1.165) is 19.6 Å². The zero-order chi connectivity index (χ0) is 15.6. The van der Waals surface area contributed by atoms with Crippen LogP contribution in [-0.2, 0) is 6.54 Å². The number of nitrogens with zero attached hydrogens (tertiary/aromatic N) is 3. The minimum atomic E-state index is 0.619. The molecule has 3 nitrogen and oxygen atoms in total. The number of hydrogen-bond donors (Lipinski definition) is 0. The first-order valence-electron chi connectivity index (χ1n) is 8.50. The van der Waals surface area contributed by atoms with Crippen LogP contribution in [0.1, 0.15) is 30.1 Å². The lowest BCUT2D eigenvalue weighted by atomic mass is 10.0. The molecular weight excluding hydrogens is 282 g/mol. The summed E-state index contributed by atoms with van der Waals surface area (Å²) in [6.07, 6.45) is 6.65. The molecule has 3 heteroatoms. The van der Waals surface area contributed by atoms with Gasteiger partial charge in [0.1, 0.15) is 0 Å². The Kier molecular flexibility index (Phi) is 3.88. The molecule has 1 saturated heterocycles. The summed E-state index contributed by atoms with van der Waals surface area (Å²) in [6.45, 7) is 5.48. The van der Waals surface area contributed by atoms with Gasteiger partial charge in [-0.15, -0.1) is 0 Å². The van der Waals surface area contributed by atoms with Crippen molar-refractivity contribution in [2.75, 3.05) is 13.1 Å². The van der Waals surface area contributed by atoms with Crippen molar-refractivity contribution in [3.05, 3.63) is 66.1 Å². The molecule has 1 fully saturated rings. The van der Waals surface area contributed by atoms with Crippen LogP contribution in [0.15, 0.2) is 54.9 Å². The summed E-state index contributed by atoms with van der Waals surface area (Å²) >= 11 is 0. The smallest absolute Gasteiger partial charge is 0.0543 e. The Morgan fingerprint density at radius 1 is 1.04 bits per heavy atom. The van der Waals surface area contributed by atoms with Crippen LogP contribution in [0.3, 0.4) is 0 Å². The highest BCUT2D eigenvalue weighted by atomic mass is 15.2. The van der Waals surface area contributed by atoms with Gasteiger partial charge >= 0.3 is 0 Å². The fourth-order valence-corrected chi connectivity index (χ4v) is 3.76. The number of piperidine rings is 1. The molecule has 3 heterocycles. The number of benzene rings is 1. The van der Waals surface area contributed by atoms with E-state index in [9.17, 15) is 0 Å². The van der Waals surface area contributed by atoms with Gasteiger partial charge in [-0.2, -0.15) is 0 Å². The molecule has 0 bridgehead atoms. The number of fused-ring (bicyclic) bond motifs is 1. The molecule has 1 aromatic carbocycles. The van der Waals surface area contributed by atoms with E-state index in [1.165, 1.54) is 35.0 Å². The lowest BCUT2D eigenvalue weighted by Gasteiger charge is -2.33. The SMILES string of the molecule is Cc1cn(C2CCN(Cc3ccccn3)CC2)c2ccccc12. The highest BCUT2D eigenvalue weighted by Gasteiger charge is 2.22. The summed E-state index contributed by atoms with van der Waals surface area (Å²) in [4.78, 5) is 6.97. The zero-order valence-electron chi connectivity index (χ0n) is 13.7. The van der Waals surface area contributed by atoms with Crippen LogP contribution in [0, 0.1) is 6.92 Å². The molecule has 0 atom stereocenters. The van der Waals surface area contributed by atoms with Crippen LogP contribution < -0.4 is 0 Å². The third-order valence-electron chi connectivity index (χ3n) is 5.00. The Morgan fingerprint density at radius 3 is 2.61 bits per heavy atom. The average Bonchev–Trinajstić information content (AvgIpc) is 2.94. The second-order valence-corrected chi connectivity index (χ2v) is 6.56. The molecule has 2 aromatic heterocycles. The lowest BCUT2D eigenvalue weighted by molar-refractivity contribution is 0.180. The van der Waals surface area contributed by atoms with Crippen LogP contribution in [0.2, 0.25) is 0 Å². The maximum atomic E-state index is 4.45. The van der Waals surface area contributed by atoms with Gasteiger partial charge in [-0.3, -0.25) is 9.88 Å². The summed E-state index contributed by atoms with van der Waals surface area (Å²) in [5, 5.41) is 1.39. The van der Waals surface area contributed by atoms with E-state index in [2.05, 4.69) is 64.0 Å². The monoisotopic (exact) mass is 305 g/mol. The fourth-order valence-electron chi connectivity index (χ4n) is 3.76. The molecule has 0 amide bonds. The van der Waals surface area contributed by atoms with E-state index < -0.39 is 0 Å². The van der Waals surface area contributed by atoms with E-state index in [0.29, 0.717) is 6.04 Å². The summed E-state index contributed by atoms with van der Waals surface area (Å²) in [7, 11) is 0. The number of pyridine rings is 1. The van der Waals surface area contributed by atoms with Gasteiger partial charge in [-0.05, 0) is 43.5 Å². The Bertz CT molecular complexity index is 783. The van der Waals surface area contributed by atoms with Crippen molar-refractivity contribution in [3.63, 3.8) is 0 Å². The van der Waals surface area contributed by atoms with Gasteiger partial charge in [-0.1, -0.05) is 24.3 Å². The highest BCUT2D eigenvalue weighted by Crippen LogP contribution is 2.30. The normalized spacial score (nSPS) is 16.9. The van der Waals surface area contributed by atoms with Crippen LogP contribution in [0.5, 0.6) is 0 Å². The molecule has 4 rings (SSSR count). The second-order valence-electron chi connectivity index (χ2n) is 6.56. The van der Waals surface area contributed by atoms with Crippen molar-refractivity contribution in [2.24, 2.45) is 0 Å². The third-order valence-corrected chi connectivity index (χ3v) is 5.00. The van der Waals surface area contributed by atoms with E-state index in [1.54, 1.807) is 0 Å². The predicted molar refractivity (Wildman–Crippen MR) is 94.5 cm³/mol. The molecule has 0 radical (unpaired) electrons. The first kappa shape index (κ1) is 14.5. The van der Waals surface area contributed by atoms with E-state index in [1.807, 2.05) is 12.3 Å². The van der Waals surface area contributed by atoms with Crippen molar-refractivity contribution < 1.29 is 0 Å². The average molecular weight is 305 g/mol. The second kappa shape index (κ2) is 6.17. The van der Waals surface area contributed by atoms with Crippen LogP contribution in [-0.4, -0.2) is 27.5 Å². The number of para-hydroxylation sites is 1. The number of aromatic nitrogens is 2. The predicted octanol–water partition coefficient (Wildman–Crippen LogP) is 4.18. The topological polar surface area (TPSA) is 21.1 Å². The molecule has 0 N–H and O–H groups in total. The van der Waals surface area contributed by atoms with Crippen molar-refractivity contribution in [2.45, 2.75) is 32.4 Å². The van der Waals surface area contributed by atoms with Gasteiger partial charge in [0.2, 0.25) is 0 Å². The number of likely N-dealkylation sites (tertiary alicyclic amines) is 1. The summed E-state index contributed by atoms with van der Waals surface area (Å²) in [6, 6.07) is 15.6. The first-order valence-corrected chi connectivity index (χ1v) is 8.50. The largest absolute Gasteiger partial charge is 0.344 e. The molecule has 0 aliphatic carbocycles. The lowest BCUT2D eigenvalue weighted by Crippen LogP contribution is -2.34. The van der Waals surface area contributed by atoms with Crippen LogP contribution >= 0.6 is 0 Å². The summed E-state index contributed by atoms with van der Waals surface area (Å²) in [5.74, 6) is 0.